The van der Waals surface area contributed by atoms with Crippen LogP contribution in [0.4, 0.5) is 0 Å². The summed E-state index contributed by atoms with van der Waals surface area (Å²) in [5.41, 5.74) is 1.79. The van der Waals surface area contributed by atoms with Crippen molar-refractivity contribution in [2.24, 2.45) is 0 Å². The summed E-state index contributed by atoms with van der Waals surface area (Å²) in [6.07, 6.45) is 1.11. The highest BCUT2D eigenvalue weighted by Crippen LogP contribution is 2.36. The van der Waals surface area contributed by atoms with E-state index in [1.807, 2.05) is 54.6 Å². The molecule has 0 N–H and O–H groups in total. The van der Waals surface area contributed by atoms with E-state index in [-0.39, 0.29) is 16.7 Å². The quantitative estimate of drug-likeness (QED) is 0.554. The van der Waals surface area contributed by atoms with Crippen LogP contribution in [-0.4, -0.2) is 24.6 Å². The van der Waals surface area contributed by atoms with E-state index in [0.29, 0.717) is 5.01 Å². The third-order valence-electron chi connectivity index (χ3n) is 3.45. The first-order valence-electron chi connectivity index (χ1n) is 7.14. The SMILES string of the molecule is CS(=O)(=O)c1oc(-c2ccccc2)nc1-c1nc2ccccc2s1. The molecule has 0 saturated heterocycles. The maximum absolute atomic E-state index is 12.1. The summed E-state index contributed by atoms with van der Waals surface area (Å²) in [5.74, 6) is 0.269. The fraction of sp³-hybridized carbons (Fsp3) is 0.0588. The second kappa shape index (κ2) is 5.54. The molecule has 0 atom stereocenters. The number of rotatable bonds is 3. The summed E-state index contributed by atoms with van der Waals surface area (Å²) in [6.45, 7) is 0. The van der Waals surface area contributed by atoms with Crippen LogP contribution in [0.25, 0.3) is 32.4 Å². The molecule has 2 aromatic carbocycles. The molecule has 0 saturated carbocycles. The Morgan fingerprint density at radius 1 is 0.958 bits per heavy atom. The highest BCUT2D eigenvalue weighted by atomic mass is 32.2. The minimum absolute atomic E-state index is 0.152. The Kier molecular flexibility index (Phi) is 3.47. The van der Waals surface area contributed by atoms with Crippen molar-refractivity contribution in [1.82, 2.24) is 9.97 Å². The van der Waals surface area contributed by atoms with Crippen molar-refractivity contribution in [1.29, 1.82) is 0 Å². The molecule has 0 aliphatic heterocycles. The second-order valence-electron chi connectivity index (χ2n) is 5.28. The molecule has 0 amide bonds. The zero-order valence-corrected chi connectivity index (χ0v) is 14.3. The monoisotopic (exact) mass is 356 g/mol. The highest BCUT2D eigenvalue weighted by Gasteiger charge is 2.26. The van der Waals surface area contributed by atoms with Crippen molar-refractivity contribution >= 4 is 31.4 Å². The van der Waals surface area contributed by atoms with Gasteiger partial charge >= 0.3 is 0 Å². The Morgan fingerprint density at radius 3 is 2.38 bits per heavy atom. The Hall–Kier alpha value is -2.51. The van der Waals surface area contributed by atoms with Crippen molar-refractivity contribution in [2.75, 3.05) is 6.26 Å². The van der Waals surface area contributed by atoms with Gasteiger partial charge in [-0.25, -0.2) is 18.4 Å². The number of hydrogen-bond donors (Lipinski definition) is 0. The van der Waals surface area contributed by atoms with Crippen molar-refractivity contribution < 1.29 is 12.8 Å². The van der Waals surface area contributed by atoms with Gasteiger partial charge in [0.1, 0.15) is 5.01 Å². The summed E-state index contributed by atoms with van der Waals surface area (Å²) in [6, 6.07) is 16.8. The normalized spacial score (nSPS) is 11.9. The van der Waals surface area contributed by atoms with Gasteiger partial charge in [-0.15, -0.1) is 11.3 Å². The summed E-state index contributed by atoms with van der Waals surface area (Å²) >= 11 is 1.39. The fourth-order valence-electron chi connectivity index (χ4n) is 2.37. The molecule has 4 rings (SSSR count). The second-order valence-corrected chi connectivity index (χ2v) is 8.23. The number of benzene rings is 2. The first-order chi connectivity index (χ1) is 11.5. The third-order valence-corrected chi connectivity index (χ3v) is 5.44. The Balaban J connectivity index is 1.95. The minimum Gasteiger partial charge on any atom is -0.424 e. The molecular formula is C17H12N2O3S2. The average molecular weight is 356 g/mol. The van der Waals surface area contributed by atoms with E-state index in [1.54, 1.807) is 0 Å². The van der Waals surface area contributed by atoms with E-state index in [0.717, 1.165) is 22.0 Å². The zero-order chi connectivity index (χ0) is 16.7. The maximum Gasteiger partial charge on any atom is 0.249 e. The Bertz CT molecular complexity index is 1100. The molecule has 0 radical (unpaired) electrons. The molecule has 7 heteroatoms. The number of nitrogens with zero attached hydrogens (tertiary/aromatic N) is 2. The van der Waals surface area contributed by atoms with Crippen molar-refractivity contribution in [3.05, 3.63) is 54.6 Å². The van der Waals surface area contributed by atoms with Crippen molar-refractivity contribution in [3.8, 4) is 22.2 Å². The topological polar surface area (TPSA) is 73.1 Å². The van der Waals surface area contributed by atoms with Crippen LogP contribution in [0.5, 0.6) is 0 Å². The van der Waals surface area contributed by atoms with Crippen molar-refractivity contribution in [2.45, 2.75) is 5.09 Å². The van der Waals surface area contributed by atoms with Crippen LogP contribution in [-0.2, 0) is 9.84 Å². The van der Waals surface area contributed by atoms with E-state index in [4.69, 9.17) is 4.42 Å². The van der Waals surface area contributed by atoms with Gasteiger partial charge in [-0.3, -0.25) is 0 Å². The van der Waals surface area contributed by atoms with Gasteiger partial charge < -0.3 is 4.42 Å². The average Bonchev–Trinajstić information content (AvgIpc) is 3.19. The summed E-state index contributed by atoms with van der Waals surface area (Å²) < 4.78 is 30.8. The maximum atomic E-state index is 12.1. The number of oxazole rings is 1. The Labute approximate surface area is 142 Å². The lowest BCUT2D eigenvalue weighted by Crippen LogP contribution is -1.97. The number of aromatic nitrogens is 2. The highest BCUT2D eigenvalue weighted by molar-refractivity contribution is 7.90. The molecule has 5 nitrogen and oxygen atoms in total. The van der Waals surface area contributed by atoms with Crippen molar-refractivity contribution in [3.63, 3.8) is 0 Å². The summed E-state index contributed by atoms with van der Waals surface area (Å²) in [7, 11) is -3.57. The van der Waals surface area contributed by atoms with Crippen LogP contribution in [0.3, 0.4) is 0 Å². The van der Waals surface area contributed by atoms with Crippen LogP contribution in [0.2, 0.25) is 0 Å². The van der Waals surface area contributed by atoms with Crippen LogP contribution < -0.4 is 0 Å². The molecule has 0 fully saturated rings. The lowest BCUT2D eigenvalue weighted by Gasteiger charge is -1.94. The first kappa shape index (κ1) is 15.0. The van der Waals surface area contributed by atoms with Crippen LogP contribution in [0.1, 0.15) is 0 Å². The van der Waals surface area contributed by atoms with E-state index < -0.39 is 9.84 Å². The number of sulfone groups is 1. The molecule has 4 aromatic rings. The smallest absolute Gasteiger partial charge is 0.249 e. The van der Waals surface area contributed by atoms with Gasteiger partial charge in [0.2, 0.25) is 20.8 Å². The molecule has 2 heterocycles. The standard InChI is InChI=1S/C17H12N2O3S2/c1-24(20,21)17-14(16-18-12-9-5-6-10-13(12)23-16)19-15(22-17)11-7-3-2-4-8-11/h2-10H,1H3. The summed E-state index contributed by atoms with van der Waals surface area (Å²) in [5, 5.41) is 0.378. The van der Waals surface area contributed by atoms with Gasteiger partial charge in [-0.1, -0.05) is 30.3 Å². The van der Waals surface area contributed by atoms with Crippen LogP contribution in [0, 0.1) is 0 Å². The fourth-order valence-corrected chi connectivity index (χ4v) is 4.11. The molecule has 2 aromatic heterocycles. The third kappa shape index (κ3) is 2.61. The van der Waals surface area contributed by atoms with Gasteiger partial charge in [0.15, 0.2) is 5.69 Å². The van der Waals surface area contributed by atoms with Gasteiger partial charge in [0.05, 0.1) is 10.2 Å². The predicted molar refractivity (Wildman–Crippen MR) is 93.7 cm³/mol. The first-order valence-corrected chi connectivity index (χ1v) is 9.85. The number of para-hydroxylation sites is 1. The number of fused-ring (bicyclic) bond motifs is 1. The largest absolute Gasteiger partial charge is 0.424 e. The number of hydrogen-bond acceptors (Lipinski definition) is 6. The molecule has 0 spiro atoms. The molecular weight excluding hydrogens is 344 g/mol. The molecule has 24 heavy (non-hydrogen) atoms. The van der Waals surface area contributed by atoms with Crippen LogP contribution >= 0.6 is 11.3 Å². The molecule has 0 bridgehead atoms. The molecule has 0 aliphatic carbocycles. The van der Waals surface area contributed by atoms with Gasteiger partial charge in [0, 0.05) is 11.8 Å². The minimum atomic E-state index is -3.57. The lowest BCUT2D eigenvalue weighted by atomic mass is 10.2. The van der Waals surface area contributed by atoms with E-state index >= 15 is 0 Å². The molecule has 120 valence electrons. The number of thiazole rings is 1. The van der Waals surface area contributed by atoms with E-state index in [2.05, 4.69) is 9.97 Å². The van der Waals surface area contributed by atoms with Gasteiger partial charge in [-0.2, -0.15) is 0 Å². The van der Waals surface area contributed by atoms with Gasteiger partial charge in [-0.05, 0) is 24.3 Å². The van der Waals surface area contributed by atoms with Gasteiger partial charge in [0.25, 0.3) is 0 Å². The van der Waals surface area contributed by atoms with Crippen LogP contribution in [0.15, 0.2) is 64.1 Å². The van der Waals surface area contributed by atoms with E-state index in [1.165, 1.54) is 11.3 Å². The Morgan fingerprint density at radius 2 is 1.67 bits per heavy atom. The lowest BCUT2D eigenvalue weighted by molar-refractivity contribution is 0.462. The molecule has 0 unspecified atom stereocenters. The predicted octanol–water partition coefficient (Wildman–Crippen LogP) is 4.02. The zero-order valence-electron chi connectivity index (χ0n) is 12.6. The van der Waals surface area contributed by atoms with E-state index in [9.17, 15) is 8.42 Å². The summed E-state index contributed by atoms with van der Waals surface area (Å²) in [4.78, 5) is 8.91. The molecule has 0 aliphatic rings.